The molecule has 4 nitrogen and oxygen atoms in total. The van der Waals surface area contributed by atoms with Gasteiger partial charge in [0.15, 0.2) is 5.78 Å². The fraction of sp³-hybridized carbons (Fsp3) is 0.594. The molecule has 0 aliphatic carbocycles. The highest BCUT2D eigenvalue weighted by atomic mass is 16.5. The van der Waals surface area contributed by atoms with E-state index in [1.54, 1.807) is 0 Å². The minimum atomic E-state index is 0.0497. The summed E-state index contributed by atoms with van der Waals surface area (Å²) in [6.07, 6.45) is 8.37. The Bertz CT molecular complexity index is 936. The molecule has 2 aromatic rings. The summed E-state index contributed by atoms with van der Waals surface area (Å²) in [6, 6.07) is 12.1. The van der Waals surface area contributed by atoms with Crippen molar-refractivity contribution in [2.24, 2.45) is 0 Å². The van der Waals surface area contributed by atoms with Crippen LogP contribution in [0.2, 0.25) is 0 Å². The summed E-state index contributed by atoms with van der Waals surface area (Å²) in [5.74, 6) is 2.32. The van der Waals surface area contributed by atoms with Crippen LogP contribution in [-0.4, -0.2) is 24.1 Å². The molecule has 0 N–H and O–H groups in total. The summed E-state index contributed by atoms with van der Waals surface area (Å²) in [6.45, 7) is 14.8. The van der Waals surface area contributed by atoms with Crippen molar-refractivity contribution in [1.29, 1.82) is 0 Å². The smallest absolute Gasteiger partial charge is 0.167 e. The van der Waals surface area contributed by atoms with Crippen LogP contribution in [0.25, 0.3) is 0 Å². The molecule has 0 saturated heterocycles. The summed E-state index contributed by atoms with van der Waals surface area (Å²) in [4.78, 5) is 13.6. The third-order valence-corrected chi connectivity index (χ3v) is 6.49. The number of ketones is 1. The van der Waals surface area contributed by atoms with Gasteiger partial charge in [-0.05, 0) is 88.3 Å². The van der Waals surface area contributed by atoms with Crippen LogP contribution in [0.3, 0.4) is 0 Å². The Hall–Kier alpha value is -2.49. The third kappa shape index (κ3) is 9.52. The van der Waals surface area contributed by atoms with Crippen LogP contribution in [0.5, 0.6) is 17.2 Å². The zero-order chi connectivity index (χ0) is 26.5. The van der Waals surface area contributed by atoms with Crippen molar-refractivity contribution in [3.05, 3.63) is 53.1 Å². The molecule has 2 rings (SSSR count). The summed E-state index contributed by atoms with van der Waals surface area (Å²) in [5.41, 5.74) is 2.95. The standard InChI is InChI=1S/C32H48O4/c1-8-12-23(5)34-28-17-20-32(36-25(7)14-10-3)29(22-28)30(33)18-16-27-21-26(11-4)15-19-31(27)35-24(6)13-9-2/h15,17,19-25H,8-14,16,18H2,1-7H3. The maximum Gasteiger partial charge on any atom is 0.167 e. The molecule has 0 radical (unpaired) electrons. The summed E-state index contributed by atoms with van der Waals surface area (Å²) in [5, 5.41) is 0. The molecule has 0 saturated carbocycles. The lowest BCUT2D eigenvalue weighted by Gasteiger charge is -2.20. The maximum atomic E-state index is 13.6. The number of Topliss-reactive ketones (excluding diaryl/α,β-unsaturated/α-hetero) is 1. The van der Waals surface area contributed by atoms with Crippen LogP contribution in [-0.2, 0) is 12.8 Å². The highest BCUT2D eigenvalue weighted by Gasteiger charge is 2.18. The molecule has 0 aromatic heterocycles. The van der Waals surface area contributed by atoms with Crippen LogP contribution in [0.1, 0.15) is 115 Å². The number of hydrogen-bond acceptors (Lipinski definition) is 4. The van der Waals surface area contributed by atoms with Gasteiger partial charge in [0.05, 0.1) is 23.9 Å². The van der Waals surface area contributed by atoms with E-state index in [2.05, 4.69) is 66.7 Å². The van der Waals surface area contributed by atoms with Crippen molar-refractivity contribution >= 4 is 5.78 Å². The Morgan fingerprint density at radius 1 is 0.722 bits per heavy atom. The Balaban J connectivity index is 2.27. The number of ether oxygens (including phenoxy) is 3. The zero-order valence-corrected chi connectivity index (χ0v) is 23.7. The average Bonchev–Trinajstić information content (AvgIpc) is 2.84. The van der Waals surface area contributed by atoms with Gasteiger partial charge in [-0.2, -0.15) is 0 Å². The van der Waals surface area contributed by atoms with Crippen LogP contribution in [0.15, 0.2) is 36.4 Å². The number of rotatable bonds is 17. The van der Waals surface area contributed by atoms with E-state index in [1.807, 2.05) is 18.2 Å². The van der Waals surface area contributed by atoms with Gasteiger partial charge in [0.2, 0.25) is 0 Å². The van der Waals surface area contributed by atoms with Crippen molar-refractivity contribution in [2.45, 2.75) is 125 Å². The lowest BCUT2D eigenvalue weighted by Crippen LogP contribution is -2.16. The van der Waals surface area contributed by atoms with Gasteiger partial charge in [0.25, 0.3) is 0 Å². The quantitative estimate of drug-likeness (QED) is 0.205. The van der Waals surface area contributed by atoms with Crippen molar-refractivity contribution < 1.29 is 19.0 Å². The van der Waals surface area contributed by atoms with E-state index >= 15 is 0 Å². The summed E-state index contributed by atoms with van der Waals surface area (Å²) < 4.78 is 18.6. The Labute approximate surface area is 219 Å². The highest BCUT2D eigenvalue weighted by molar-refractivity contribution is 5.99. The molecule has 0 aliphatic heterocycles. The zero-order valence-electron chi connectivity index (χ0n) is 23.7. The molecular formula is C32H48O4. The topological polar surface area (TPSA) is 44.8 Å². The SMILES string of the molecule is CCCC(C)Oc1ccc(OC(C)CCC)c(C(=O)CCc2cc(CC)ccc2OC(C)CCC)c1. The largest absolute Gasteiger partial charge is 0.491 e. The molecular weight excluding hydrogens is 448 g/mol. The lowest BCUT2D eigenvalue weighted by molar-refractivity contribution is 0.0974. The van der Waals surface area contributed by atoms with Gasteiger partial charge >= 0.3 is 0 Å². The predicted molar refractivity (Wildman–Crippen MR) is 150 cm³/mol. The minimum absolute atomic E-state index is 0.0497. The molecule has 0 heterocycles. The van der Waals surface area contributed by atoms with Crippen LogP contribution < -0.4 is 14.2 Å². The van der Waals surface area contributed by atoms with Crippen molar-refractivity contribution in [2.75, 3.05) is 0 Å². The van der Waals surface area contributed by atoms with Gasteiger partial charge < -0.3 is 14.2 Å². The fourth-order valence-electron chi connectivity index (χ4n) is 4.51. The first-order valence-corrected chi connectivity index (χ1v) is 14.1. The van der Waals surface area contributed by atoms with Crippen LogP contribution >= 0.6 is 0 Å². The first kappa shape index (κ1) is 29.7. The normalized spacial score (nSPS) is 13.6. The van der Waals surface area contributed by atoms with Crippen molar-refractivity contribution in [3.63, 3.8) is 0 Å². The molecule has 2 aromatic carbocycles. The number of carbonyl (C=O) groups excluding carboxylic acids is 1. The predicted octanol–water partition coefficient (Wildman–Crippen LogP) is 8.77. The number of aryl methyl sites for hydroxylation is 2. The molecule has 0 bridgehead atoms. The Kier molecular flexibility index (Phi) is 12.9. The van der Waals surface area contributed by atoms with E-state index in [1.165, 1.54) is 5.56 Å². The minimum Gasteiger partial charge on any atom is -0.491 e. The van der Waals surface area contributed by atoms with Gasteiger partial charge in [-0.1, -0.05) is 59.1 Å². The van der Waals surface area contributed by atoms with E-state index in [0.717, 1.165) is 62.0 Å². The van der Waals surface area contributed by atoms with Gasteiger partial charge in [-0.15, -0.1) is 0 Å². The first-order valence-electron chi connectivity index (χ1n) is 14.1. The van der Waals surface area contributed by atoms with Gasteiger partial charge in [-0.25, -0.2) is 0 Å². The van der Waals surface area contributed by atoms with E-state index in [0.29, 0.717) is 24.2 Å². The number of carbonyl (C=O) groups is 1. The highest BCUT2D eigenvalue weighted by Crippen LogP contribution is 2.30. The van der Waals surface area contributed by atoms with Crippen LogP contribution in [0, 0.1) is 0 Å². The van der Waals surface area contributed by atoms with E-state index < -0.39 is 0 Å². The monoisotopic (exact) mass is 496 g/mol. The first-order chi connectivity index (χ1) is 17.3. The van der Waals surface area contributed by atoms with Crippen molar-refractivity contribution in [1.82, 2.24) is 0 Å². The van der Waals surface area contributed by atoms with Crippen molar-refractivity contribution in [3.8, 4) is 17.2 Å². The third-order valence-electron chi connectivity index (χ3n) is 6.49. The molecule has 0 fully saturated rings. The molecule has 200 valence electrons. The molecule has 0 aliphatic rings. The van der Waals surface area contributed by atoms with E-state index in [9.17, 15) is 4.79 Å². The second-order valence-electron chi connectivity index (χ2n) is 10.0. The van der Waals surface area contributed by atoms with Gasteiger partial charge in [0.1, 0.15) is 17.2 Å². The molecule has 4 heteroatoms. The molecule has 36 heavy (non-hydrogen) atoms. The van der Waals surface area contributed by atoms with Gasteiger partial charge in [0, 0.05) is 6.42 Å². The maximum absolute atomic E-state index is 13.6. The molecule has 0 spiro atoms. The molecule has 0 amide bonds. The lowest BCUT2D eigenvalue weighted by atomic mass is 9.99. The fourth-order valence-corrected chi connectivity index (χ4v) is 4.51. The Morgan fingerprint density at radius 2 is 1.28 bits per heavy atom. The number of hydrogen-bond donors (Lipinski definition) is 0. The van der Waals surface area contributed by atoms with Gasteiger partial charge in [-0.3, -0.25) is 4.79 Å². The van der Waals surface area contributed by atoms with Crippen LogP contribution in [0.4, 0.5) is 0 Å². The summed E-state index contributed by atoms with van der Waals surface area (Å²) in [7, 11) is 0. The number of benzene rings is 2. The summed E-state index contributed by atoms with van der Waals surface area (Å²) >= 11 is 0. The molecule has 3 atom stereocenters. The Morgan fingerprint density at radius 3 is 1.86 bits per heavy atom. The second kappa shape index (κ2) is 15.6. The van der Waals surface area contributed by atoms with E-state index in [-0.39, 0.29) is 24.1 Å². The second-order valence-corrected chi connectivity index (χ2v) is 10.0. The molecule has 3 unspecified atom stereocenters. The average molecular weight is 497 g/mol. The van der Waals surface area contributed by atoms with E-state index in [4.69, 9.17) is 14.2 Å².